The second-order valence-corrected chi connectivity index (χ2v) is 4.57. The van der Waals surface area contributed by atoms with E-state index in [2.05, 4.69) is 18.8 Å². The molecule has 2 rings (SSSR count). The Morgan fingerprint density at radius 2 is 2.00 bits per heavy atom. The Kier molecular flexibility index (Phi) is 3.42. The van der Waals surface area contributed by atoms with Crippen LogP contribution in [0, 0.1) is 0 Å². The van der Waals surface area contributed by atoms with E-state index in [9.17, 15) is 4.79 Å². The molecule has 0 bridgehead atoms. The zero-order valence-corrected chi connectivity index (χ0v) is 10.6. The van der Waals surface area contributed by atoms with Gasteiger partial charge in [-0.1, -0.05) is 26.0 Å². The van der Waals surface area contributed by atoms with Crippen molar-refractivity contribution in [2.75, 3.05) is 0 Å². The minimum absolute atomic E-state index is 0.420. The number of carbonyl (C=O) groups excluding carboxylic acids is 1. The number of pyridine rings is 1. The summed E-state index contributed by atoms with van der Waals surface area (Å²) >= 11 is 0. The maximum atomic E-state index is 11.2. The van der Waals surface area contributed by atoms with Crippen LogP contribution in [-0.2, 0) is 0 Å². The molecule has 18 heavy (non-hydrogen) atoms. The lowest BCUT2D eigenvalue weighted by atomic mass is 10.0. The van der Waals surface area contributed by atoms with Crippen LogP contribution in [0.25, 0.3) is 11.3 Å². The van der Waals surface area contributed by atoms with Gasteiger partial charge in [0.05, 0.1) is 5.69 Å². The lowest BCUT2D eigenvalue weighted by Crippen LogP contribution is -2.10. The summed E-state index contributed by atoms with van der Waals surface area (Å²) in [5.74, 6) is 0.0305. The molecule has 1 aromatic heterocycles. The molecule has 2 aromatic rings. The van der Waals surface area contributed by atoms with Gasteiger partial charge in [0.2, 0.25) is 5.91 Å². The van der Waals surface area contributed by atoms with Gasteiger partial charge >= 0.3 is 0 Å². The Labute approximate surface area is 107 Å². The highest BCUT2D eigenvalue weighted by Gasteiger charge is 2.06. The zero-order chi connectivity index (χ0) is 13.1. The Morgan fingerprint density at radius 3 is 2.67 bits per heavy atom. The van der Waals surface area contributed by atoms with Crippen LogP contribution in [0.3, 0.4) is 0 Å². The molecule has 0 radical (unpaired) electrons. The summed E-state index contributed by atoms with van der Waals surface area (Å²) in [6, 6.07) is 11.3. The van der Waals surface area contributed by atoms with Crippen LogP contribution in [0.2, 0.25) is 0 Å². The van der Waals surface area contributed by atoms with Crippen molar-refractivity contribution in [3.63, 3.8) is 0 Å². The first-order valence-corrected chi connectivity index (χ1v) is 5.94. The van der Waals surface area contributed by atoms with Gasteiger partial charge in [-0.05, 0) is 35.7 Å². The number of carbonyl (C=O) groups is 1. The van der Waals surface area contributed by atoms with E-state index in [0.717, 1.165) is 11.3 Å². The van der Waals surface area contributed by atoms with Crippen LogP contribution >= 0.6 is 0 Å². The molecular weight excluding hydrogens is 224 g/mol. The predicted octanol–water partition coefficient (Wildman–Crippen LogP) is 2.97. The summed E-state index contributed by atoms with van der Waals surface area (Å²) in [6.45, 7) is 4.28. The van der Waals surface area contributed by atoms with E-state index in [0.29, 0.717) is 11.5 Å². The number of aromatic nitrogens is 1. The van der Waals surface area contributed by atoms with Crippen molar-refractivity contribution in [3.8, 4) is 11.3 Å². The highest BCUT2D eigenvalue weighted by Crippen LogP contribution is 2.22. The molecule has 1 heterocycles. The van der Waals surface area contributed by atoms with E-state index in [1.165, 1.54) is 5.56 Å². The number of primary amides is 1. The first kappa shape index (κ1) is 12.3. The lowest BCUT2D eigenvalue weighted by Gasteiger charge is -2.08. The topological polar surface area (TPSA) is 56.0 Å². The average molecular weight is 240 g/mol. The molecule has 0 unspecified atom stereocenters. The number of benzene rings is 1. The predicted molar refractivity (Wildman–Crippen MR) is 72.3 cm³/mol. The van der Waals surface area contributed by atoms with Crippen molar-refractivity contribution in [2.24, 2.45) is 5.73 Å². The molecule has 0 atom stereocenters. The summed E-state index contributed by atoms with van der Waals surface area (Å²) < 4.78 is 0. The highest BCUT2D eigenvalue weighted by molar-refractivity contribution is 5.93. The molecule has 0 fully saturated rings. The molecule has 0 spiro atoms. The minimum Gasteiger partial charge on any atom is -0.366 e. The molecule has 0 saturated carbocycles. The Bertz CT molecular complexity index is 576. The van der Waals surface area contributed by atoms with Gasteiger partial charge in [0.25, 0.3) is 0 Å². The molecule has 3 heteroatoms. The molecule has 1 aromatic carbocycles. The second kappa shape index (κ2) is 5.00. The van der Waals surface area contributed by atoms with Crippen LogP contribution in [-0.4, -0.2) is 10.9 Å². The third-order valence-corrected chi connectivity index (χ3v) is 2.89. The lowest BCUT2D eigenvalue weighted by molar-refractivity contribution is 0.100. The van der Waals surface area contributed by atoms with Crippen LogP contribution in [0.1, 0.15) is 35.7 Å². The number of nitrogens with two attached hydrogens (primary N) is 1. The van der Waals surface area contributed by atoms with Gasteiger partial charge in [-0.15, -0.1) is 0 Å². The quantitative estimate of drug-likeness (QED) is 0.896. The van der Waals surface area contributed by atoms with Crippen molar-refractivity contribution in [1.82, 2.24) is 4.98 Å². The van der Waals surface area contributed by atoms with E-state index in [4.69, 9.17) is 5.73 Å². The summed E-state index contributed by atoms with van der Waals surface area (Å²) in [5.41, 5.74) is 8.79. The van der Waals surface area contributed by atoms with Gasteiger partial charge in [-0.25, -0.2) is 0 Å². The number of nitrogens with zero attached hydrogens (tertiary/aromatic N) is 1. The number of rotatable bonds is 3. The van der Waals surface area contributed by atoms with E-state index < -0.39 is 5.91 Å². The molecule has 0 aliphatic carbocycles. The van der Waals surface area contributed by atoms with E-state index in [1.807, 2.05) is 24.3 Å². The zero-order valence-electron chi connectivity index (χ0n) is 10.6. The number of amides is 1. The smallest absolute Gasteiger partial charge is 0.248 e. The standard InChI is InChI=1S/C15H16N2O/c1-10(2)11-6-7-17-14(9-11)12-4-3-5-13(8-12)15(16)18/h3-10H,1-2H3,(H2,16,18). The third-order valence-electron chi connectivity index (χ3n) is 2.89. The van der Waals surface area contributed by atoms with Gasteiger partial charge < -0.3 is 5.73 Å². The van der Waals surface area contributed by atoms with Gasteiger partial charge in [-0.2, -0.15) is 0 Å². The van der Waals surface area contributed by atoms with Crippen molar-refractivity contribution >= 4 is 5.91 Å². The molecule has 0 aliphatic rings. The fourth-order valence-electron chi connectivity index (χ4n) is 1.80. The number of hydrogen-bond acceptors (Lipinski definition) is 2. The van der Waals surface area contributed by atoms with Crippen LogP contribution in [0.5, 0.6) is 0 Å². The van der Waals surface area contributed by atoms with Crippen molar-refractivity contribution in [2.45, 2.75) is 19.8 Å². The Balaban J connectivity index is 2.45. The van der Waals surface area contributed by atoms with Crippen molar-refractivity contribution < 1.29 is 4.79 Å². The fourth-order valence-corrected chi connectivity index (χ4v) is 1.80. The van der Waals surface area contributed by atoms with Gasteiger partial charge in [0.15, 0.2) is 0 Å². The maximum Gasteiger partial charge on any atom is 0.248 e. The van der Waals surface area contributed by atoms with E-state index in [1.54, 1.807) is 18.3 Å². The highest BCUT2D eigenvalue weighted by atomic mass is 16.1. The second-order valence-electron chi connectivity index (χ2n) is 4.57. The minimum atomic E-state index is -0.420. The maximum absolute atomic E-state index is 11.2. The van der Waals surface area contributed by atoms with Gasteiger partial charge in [-0.3, -0.25) is 9.78 Å². The molecule has 0 aliphatic heterocycles. The SMILES string of the molecule is CC(C)c1ccnc(-c2cccc(C(N)=O)c2)c1. The fraction of sp³-hybridized carbons (Fsp3) is 0.200. The largest absolute Gasteiger partial charge is 0.366 e. The van der Waals surface area contributed by atoms with Gasteiger partial charge in [0.1, 0.15) is 0 Å². The summed E-state index contributed by atoms with van der Waals surface area (Å²) in [7, 11) is 0. The molecule has 2 N–H and O–H groups in total. The monoisotopic (exact) mass is 240 g/mol. The third kappa shape index (κ3) is 2.56. The van der Waals surface area contributed by atoms with Gasteiger partial charge in [0, 0.05) is 17.3 Å². The first-order valence-electron chi connectivity index (χ1n) is 5.94. The molecule has 3 nitrogen and oxygen atoms in total. The molecule has 1 amide bonds. The average Bonchev–Trinajstić information content (AvgIpc) is 2.39. The Morgan fingerprint density at radius 1 is 1.22 bits per heavy atom. The first-order chi connectivity index (χ1) is 8.58. The molecule has 0 saturated heterocycles. The molecule has 92 valence electrons. The van der Waals surface area contributed by atoms with Crippen LogP contribution in [0.15, 0.2) is 42.6 Å². The van der Waals surface area contributed by atoms with Crippen LogP contribution < -0.4 is 5.73 Å². The summed E-state index contributed by atoms with van der Waals surface area (Å²) in [4.78, 5) is 15.5. The van der Waals surface area contributed by atoms with E-state index >= 15 is 0 Å². The normalized spacial score (nSPS) is 10.6. The van der Waals surface area contributed by atoms with E-state index in [-0.39, 0.29) is 0 Å². The summed E-state index contributed by atoms with van der Waals surface area (Å²) in [5, 5.41) is 0. The van der Waals surface area contributed by atoms with Crippen LogP contribution in [0.4, 0.5) is 0 Å². The summed E-state index contributed by atoms with van der Waals surface area (Å²) in [6.07, 6.45) is 1.79. The van der Waals surface area contributed by atoms with Crippen molar-refractivity contribution in [3.05, 3.63) is 53.7 Å². The van der Waals surface area contributed by atoms with Crippen molar-refractivity contribution in [1.29, 1.82) is 0 Å². The molecular formula is C15H16N2O. The number of hydrogen-bond donors (Lipinski definition) is 1. The Hall–Kier alpha value is -2.16.